The largest absolute Gasteiger partial charge is 0.321 e. The molecule has 0 aliphatic heterocycles. The summed E-state index contributed by atoms with van der Waals surface area (Å²) < 4.78 is 23.9. The number of nitrogens with one attached hydrogen (secondary N) is 1. The molecule has 0 radical (unpaired) electrons. The van der Waals surface area contributed by atoms with Crippen LogP contribution in [-0.4, -0.2) is 20.6 Å². The number of halogens is 2. The lowest BCUT2D eigenvalue weighted by atomic mass is 10.2. The second-order valence-electron chi connectivity index (χ2n) is 4.35. The van der Waals surface area contributed by atoms with Gasteiger partial charge in [-0.3, -0.25) is 4.79 Å². The van der Waals surface area contributed by atoms with Gasteiger partial charge in [-0.1, -0.05) is 23.7 Å². The molecule has 0 bridgehead atoms. The van der Waals surface area contributed by atoms with Crippen molar-refractivity contribution >= 4 is 55.6 Å². The molecule has 0 aliphatic rings. The Morgan fingerprint density at radius 2 is 1.86 bits per heavy atom. The van der Waals surface area contributed by atoms with E-state index in [-0.39, 0.29) is 21.5 Å². The maximum Gasteiger partial charge on any atom is 0.256 e. The lowest BCUT2D eigenvalue weighted by Crippen LogP contribution is -2.14. The molecule has 0 aromatic heterocycles. The van der Waals surface area contributed by atoms with Crippen molar-refractivity contribution in [1.82, 2.24) is 0 Å². The molecular weight excluding hydrogens is 425 g/mol. The van der Waals surface area contributed by atoms with Crippen LogP contribution in [0.15, 0.2) is 47.4 Å². The van der Waals surface area contributed by atoms with Gasteiger partial charge < -0.3 is 5.32 Å². The van der Waals surface area contributed by atoms with E-state index in [2.05, 4.69) is 27.9 Å². The Balaban J connectivity index is 2.36. The molecule has 1 N–H and O–H groups in total. The Kier molecular flexibility index (Phi) is 4.90. The summed E-state index contributed by atoms with van der Waals surface area (Å²) in [5, 5.41) is 2.92. The highest BCUT2D eigenvalue weighted by molar-refractivity contribution is 14.1. The quantitative estimate of drug-likeness (QED) is 0.749. The van der Waals surface area contributed by atoms with E-state index in [9.17, 15) is 13.2 Å². The topological polar surface area (TPSA) is 63.2 Å². The molecule has 110 valence electrons. The Morgan fingerprint density at radius 1 is 1.19 bits per heavy atom. The van der Waals surface area contributed by atoms with E-state index in [1.807, 2.05) is 12.1 Å². The molecule has 2 rings (SSSR count). The standard InChI is InChI=1S/C14H11ClINO3S/c1-21(19,20)9-6-7-11(15)13(8-9)17-14(18)10-4-2-3-5-12(10)16/h2-8H,1H3,(H,17,18). The highest BCUT2D eigenvalue weighted by Crippen LogP contribution is 2.26. The number of hydrogen-bond donors (Lipinski definition) is 1. The minimum Gasteiger partial charge on any atom is -0.321 e. The lowest BCUT2D eigenvalue weighted by Gasteiger charge is -2.10. The second-order valence-corrected chi connectivity index (χ2v) is 7.93. The molecule has 4 nitrogen and oxygen atoms in total. The maximum absolute atomic E-state index is 12.2. The molecule has 0 spiro atoms. The fraction of sp³-hybridized carbons (Fsp3) is 0.0714. The van der Waals surface area contributed by atoms with Gasteiger partial charge in [0.05, 0.1) is 21.2 Å². The molecular formula is C14H11ClINO3S. The first-order chi connectivity index (χ1) is 9.79. The predicted molar refractivity (Wildman–Crippen MR) is 91.7 cm³/mol. The SMILES string of the molecule is CS(=O)(=O)c1ccc(Cl)c(NC(=O)c2ccccc2I)c1. The molecule has 0 saturated carbocycles. The molecule has 0 atom stereocenters. The van der Waals surface area contributed by atoms with Crippen molar-refractivity contribution in [2.45, 2.75) is 4.90 Å². The van der Waals surface area contributed by atoms with Crippen molar-refractivity contribution in [2.75, 3.05) is 11.6 Å². The van der Waals surface area contributed by atoms with Crippen LogP contribution in [0.25, 0.3) is 0 Å². The zero-order valence-corrected chi connectivity index (χ0v) is 14.7. The van der Waals surface area contributed by atoms with E-state index in [4.69, 9.17) is 11.6 Å². The van der Waals surface area contributed by atoms with Crippen LogP contribution in [0, 0.1) is 3.57 Å². The van der Waals surface area contributed by atoms with Crippen LogP contribution in [0.5, 0.6) is 0 Å². The summed E-state index contributed by atoms with van der Waals surface area (Å²) in [5.41, 5.74) is 0.767. The smallest absolute Gasteiger partial charge is 0.256 e. The number of benzene rings is 2. The molecule has 21 heavy (non-hydrogen) atoms. The molecule has 0 unspecified atom stereocenters. The van der Waals surface area contributed by atoms with Gasteiger partial charge in [-0.15, -0.1) is 0 Å². The van der Waals surface area contributed by atoms with E-state index < -0.39 is 9.84 Å². The molecule has 1 amide bonds. The number of anilines is 1. The zero-order valence-electron chi connectivity index (χ0n) is 10.9. The number of sulfone groups is 1. The van der Waals surface area contributed by atoms with Crippen molar-refractivity contribution in [3.8, 4) is 0 Å². The molecule has 7 heteroatoms. The van der Waals surface area contributed by atoms with Crippen LogP contribution < -0.4 is 5.32 Å². The van der Waals surface area contributed by atoms with Crippen molar-refractivity contribution in [1.29, 1.82) is 0 Å². The minimum absolute atomic E-state index is 0.102. The first-order valence-corrected chi connectivity index (χ1v) is 9.19. The molecule has 2 aromatic carbocycles. The molecule has 0 heterocycles. The summed E-state index contributed by atoms with van der Waals surface area (Å²) in [6, 6.07) is 11.3. The predicted octanol–water partition coefficient (Wildman–Crippen LogP) is 3.60. The van der Waals surface area contributed by atoms with Gasteiger partial charge in [0.15, 0.2) is 9.84 Å². The van der Waals surface area contributed by atoms with Crippen LogP contribution in [0.2, 0.25) is 5.02 Å². The molecule has 0 saturated heterocycles. The number of carbonyl (C=O) groups excluding carboxylic acids is 1. The van der Waals surface area contributed by atoms with Crippen LogP contribution in [0.1, 0.15) is 10.4 Å². The third kappa shape index (κ3) is 3.96. The van der Waals surface area contributed by atoms with Gasteiger partial charge in [0, 0.05) is 9.83 Å². The summed E-state index contributed by atoms with van der Waals surface area (Å²) in [6.45, 7) is 0. The van der Waals surface area contributed by atoms with Crippen molar-refractivity contribution in [3.63, 3.8) is 0 Å². The summed E-state index contributed by atoms with van der Waals surface area (Å²) in [5.74, 6) is -0.340. The van der Waals surface area contributed by atoms with Crippen molar-refractivity contribution < 1.29 is 13.2 Å². The van der Waals surface area contributed by atoms with Crippen LogP contribution in [0.3, 0.4) is 0 Å². The Morgan fingerprint density at radius 3 is 2.48 bits per heavy atom. The third-order valence-corrected chi connectivity index (χ3v) is 5.11. The zero-order chi connectivity index (χ0) is 15.6. The van der Waals surface area contributed by atoms with Gasteiger partial charge in [0.25, 0.3) is 5.91 Å². The van der Waals surface area contributed by atoms with Crippen molar-refractivity contribution in [3.05, 3.63) is 56.6 Å². The lowest BCUT2D eigenvalue weighted by molar-refractivity contribution is 0.102. The maximum atomic E-state index is 12.2. The Labute approximate surface area is 141 Å². The summed E-state index contributed by atoms with van der Waals surface area (Å²) >= 11 is 8.06. The number of hydrogen-bond acceptors (Lipinski definition) is 3. The highest BCUT2D eigenvalue weighted by atomic mass is 127. The van der Waals surface area contributed by atoms with Gasteiger partial charge in [0.2, 0.25) is 0 Å². The van der Waals surface area contributed by atoms with Gasteiger partial charge >= 0.3 is 0 Å². The highest BCUT2D eigenvalue weighted by Gasteiger charge is 2.14. The average Bonchev–Trinajstić information content (AvgIpc) is 2.40. The van der Waals surface area contributed by atoms with E-state index >= 15 is 0 Å². The molecule has 2 aromatic rings. The first-order valence-electron chi connectivity index (χ1n) is 5.84. The third-order valence-electron chi connectivity index (χ3n) is 2.73. The summed E-state index contributed by atoms with van der Waals surface area (Å²) in [4.78, 5) is 12.3. The first kappa shape index (κ1) is 16.3. The van der Waals surface area contributed by atoms with E-state index in [1.165, 1.54) is 18.2 Å². The summed E-state index contributed by atoms with van der Waals surface area (Å²) in [7, 11) is -3.36. The summed E-state index contributed by atoms with van der Waals surface area (Å²) in [6.07, 6.45) is 1.10. The number of rotatable bonds is 3. The number of amides is 1. The second kappa shape index (κ2) is 6.33. The van der Waals surface area contributed by atoms with Crippen LogP contribution in [-0.2, 0) is 9.84 Å². The Bertz CT molecular complexity index is 806. The van der Waals surface area contributed by atoms with E-state index in [1.54, 1.807) is 12.1 Å². The van der Waals surface area contributed by atoms with E-state index in [0.717, 1.165) is 9.83 Å². The Hall–Kier alpha value is -1.12. The molecule has 0 fully saturated rings. The van der Waals surface area contributed by atoms with Crippen LogP contribution >= 0.6 is 34.2 Å². The number of carbonyl (C=O) groups is 1. The fourth-order valence-electron chi connectivity index (χ4n) is 1.67. The van der Waals surface area contributed by atoms with Gasteiger partial charge in [-0.25, -0.2) is 8.42 Å². The fourth-order valence-corrected chi connectivity index (χ4v) is 3.11. The van der Waals surface area contributed by atoms with Gasteiger partial charge in [0.1, 0.15) is 0 Å². The van der Waals surface area contributed by atoms with Gasteiger partial charge in [-0.2, -0.15) is 0 Å². The molecule has 0 aliphatic carbocycles. The normalized spacial score (nSPS) is 11.2. The van der Waals surface area contributed by atoms with E-state index in [0.29, 0.717) is 5.56 Å². The van der Waals surface area contributed by atoms with Crippen molar-refractivity contribution in [2.24, 2.45) is 0 Å². The van der Waals surface area contributed by atoms with Crippen LogP contribution in [0.4, 0.5) is 5.69 Å². The minimum atomic E-state index is -3.36. The average molecular weight is 436 g/mol. The van der Waals surface area contributed by atoms with Gasteiger partial charge in [-0.05, 0) is 52.9 Å². The monoisotopic (exact) mass is 435 g/mol.